The summed E-state index contributed by atoms with van der Waals surface area (Å²) < 4.78 is 0. The van der Waals surface area contributed by atoms with Crippen LogP contribution in [-0.4, -0.2) is 21.7 Å². The van der Waals surface area contributed by atoms with Gasteiger partial charge >= 0.3 is 0 Å². The van der Waals surface area contributed by atoms with E-state index >= 15 is 0 Å². The van der Waals surface area contributed by atoms with Gasteiger partial charge in [-0.05, 0) is 80.4 Å². The average Bonchev–Trinajstić information content (AvgIpc) is 2.38. The molecular formula is C19H25NO3. The SMILES string of the molecule is Cc1ccc(NC(=O)CC23CC4CC(CC(O)(C4)C2)C3)c(O)c1. The van der Waals surface area contributed by atoms with Gasteiger partial charge in [-0.3, -0.25) is 4.79 Å². The van der Waals surface area contributed by atoms with Crippen LogP contribution in [0.3, 0.4) is 0 Å². The Morgan fingerprint density at radius 1 is 1.26 bits per heavy atom. The first-order chi connectivity index (χ1) is 10.8. The van der Waals surface area contributed by atoms with E-state index in [1.807, 2.05) is 13.0 Å². The Balaban J connectivity index is 1.48. The van der Waals surface area contributed by atoms with Crippen LogP contribution in [0.15, 0.2) is 18.2 Å². The van der Waals surface area contributed by atoms with Crippen molar-refractivity contribution in [2.75, 3.05) is 5.32 Å². The Hall–Kier alpha value is -1.55. The quantitative estimate of drug-likeness (QED) is 0.749. The zero-order valence-electron chi connectivity index (χ0n) is 13.6. The first-order valence-electron chi connectivity index (χ1n) is 8.67. The molecule has 4 heteroatoms. The minimum Gasteiger partial charge on any atom is -0.506 e. The van der Waals surface area contributed by atoms with Crippen molar-refractivity contribution in [3.8, 4) is 5.75 Å². The van der Waals surface area contributed by atoms with Crippen molar-refractivity contribution < 1.29 is 15.0 Å². The van der Waals surface area contributed by atoms with E-state index in [1.54, 1.807) is 12.1 Å². The summed E-state index contributed by atoms with van der Waals surface area (Å²) in [5, 5.41) is 23.6. The molecule has 4 saturated carbocycles. The van der Waals surface area contributed by atoms with Gasteiger partial charge in [0.15, 0.2) is 0 Å². The topological polar surface area (TPSA) is 69.6 Å². The minimum atomic E-state index is -0.531. The number of rotatable bonds is 3. The van der Waals surface area contributed by atoms with Crippen molar-refractivity contribution in [1.82, 2.24) is 0 Å². The third-order valence-electron chi connectivity index (χ3n) is 6.11. The lowest BCUT2D eigenvalue weighted by Gasteiger charge is -2.60. The van der Waals surface area contributed by atoms with Crippen LogP contribution in [0.2, 0.25) is 0 Å². The van der Waals surface area contributed by atoms with Crippen molar-refractivity contribution in [3.05, 3.63) is 23.8 Å². The molecule has 0 heterocycles. The number of phenols is 1. The summed E-state index contributed by atoms with van der Waals surface area (Å²) in [7, 11) is 0. The second-order valence-corrected chi connectivity index (χ2v) is 8.43. The van der Waals surface area contributed by atoms with Crippen LogP contribution >= 0.6 is 0 Å². The fourth-order valence-electron chi connectivity index (χ4n) is 5.89. The van der Waals surface area contributed by atoms with Crippen LogP contribution in [-0.2, 0) is 4.79 Å². The smallest absolute Gasteiger partial charge is 0.225 e. The molecule has 1 amide bonds. The van der Waals surface area contributed by atoms with Crippen LogP contribution < -0.4 is 5.32 Å². The first-order valence-corrected chi connectivity index (χ1v) is 8.67. The average molecular weight is 315 g/mol. The molecular weight excluding hydrogens is 290 g/mol. The third-order valence-corrected chi connectivity index (χ3v) is 6.11. The largest absolute Gasteiger partial charge is 0.506 e. The number of carbonyl (C=O) groups excluding carboxylic acids is 1. The zero-order chi connectivity index (χ0) is 16.2. The molecule has 124 valence electrons. The molecule has 2 unspecified atom stereocenters. The van der Waals surface area contributed by atoms with Crippen molar-refractivity contribution in [2.45, 2.75) is 57.5 Å². The molecule has 3 N–H and O–H groups in total. The van der Waals surface area contributed by atoms with Crippen LogP contribution in [0, 0.1) is 24.2 Å². The van der Waals surface area contributed by atoms with Crippen molar-refractivity contribution in [3.63, 3.8) is 0 Å². The molecule has 5 rings (SSSR count). The van der Waals surface area contributed by atoms with E-state index in [1.165, 1.54) is 6.42 Å². The standard InChI is InChI=1S/C19H25NO3/c1-12-2-3-15(16(21)4-12)20-17(22)10-18-6-13-5-14(7-18)9-19(23,8-13)11-18/h2-4,13-14,21,23H,5-11H2,1H3,(H,20,22). The summed E-state index contributed by atoms with van der Waals surface area (Å²) in [5.41, 5.74) is 0.868. The molecule has 0 spiro atoms. The Bertz CT molecular complexity index is 640. The van der Waals surface area contributed by atoms with Gasteiger partial charge in [0.2, 0.25) is 5.91 Å². The zero-order valence-corrected chi connectivity index (χ0v) is 13.6. The fourth-order valence-corrected chi connectivity index (χ4v) is 5.89. The Morgan fingerprint density at radius 3 is 2.57 bits per heavy atom. The van der Waals surface area contributed by atoms with E-state index in [2.05, 4.69) is 5.32 Å². The molecule has 1 aromatic rings. The Labute approximate surface area is 136 Å². The monoisotopic (exact) mass is 315 g/mol. The highest BCUT2D eigenvalue weighted by molar-refractivity contribution is 5.92. The van der Waals surface area contributed by atoms with Gasteiger partial charge in [0, 0.05) is 6.42 Å². The number of hydrogen-bond donors (Lipinski definition) is 3. The van der Waals surface area contributed by atoms with E-state index < -0.39 is 5.60 Å². The van der Waals surface area contributed by atoms with Crippen LogP contribution in [0.1, 0.15) is 50.5 Å². The lowest BCUT2D eigenvalue weighted by molar-refractivity contribution is -0.167. The maximum atomic E-state index is 12.5. The number of hydrogen-bond acceptors (Lipinski definition) is 3. The number of aryl methyl sites for hydroxylation is 1. The van der Waals surface area contributed by atoms with Gasteiger partial charge in [0.1, 0.15) is 5.75 Å². The molecule has 0 radical (unpaired) electrons. The second-order valence-electron chi connectivity index (χ2n) is 8.43. The summed E-state index contributed by atoms with van der Waals surface area (Å²) in [5.74, 6) is 1.24. The van der Waals surface area contributed by atoms with Gasteiger partial charge in [0.05, 0.1) is 11.3 Å². The summed E-state index contributed by atoms with van der Waals surface area (Å²) in [6.45, 7) is 1.90. The van der Waals surface area contributed by atoms with Crippen molar-refractivity contribution in [2.24, 2.45) is 17.3 Å². The number of amides is 1. The van der Waals surface area contributed by atoms with E-state index in [0.717, 1.165) is 37.7 Å². The molecule has 4 bridgehead atoms. The summed E-state index contributed by atoms with van der Waals surface area (Å²) in [6.07, 6.45) is 6.43. The molecule has 4 aliphatic rings. The molecule has 23 heavy (non-hydrogen) atoms. The van der Waals surface area contributed by atoms with Crippen LogP contribution in [0.4, 0.5) is 5.69 Å². The predicted octanol–water partition coefficient (Wildman–Crippen LogP) is 3.36. The third kappa shape index (κ3) is 2.74. The van der Waals surface area contributed by atoms with Crippen molar-refractivity contribution >= 4 is 11.6 Å². The Morgan fingerprint density at radius 2 is 1.96 bits per heavy atom. The number of aromatic hydroxyl groups is 1. The number of carbonyl (C=O) groups is 1. The highest BCUT2D eigenvalue weighted by Crippen LogP contribution is 2.62. The van der Waals surface area contributed by atoms with Gasteiger partial charge in [-0.2, -0.15) is 0 Å². The molecule has 0 aromatic heterocycles. The number of anilines is 1. The highest BCUT2D eigenvalue weighted by Gasteiger charge is 2.57. The molecule has 4 nitrogen and oxygen atoms in total. The number of phenolic OH excluding ortho intramolecular Hbond substituents is 1. The maximum absolute atomic E-state index is 12.5. The summed E-state index contributed by atoms with van der Waals surface area (Å²) >= 11 is 0. The van der Waals surface area contributed by atoms with Gasteiger partial charge in [-0.1, -0.05) is 6.07 Å². The Kier molecular flexibility index (Phi) is 3.24. The van der Waals surface area contributed by atoms with Gasteiger partial charge in [-0.15, -0.1) is 0 Å². The number of nitrogens with one attached hydrogen (secondary N) is 1. The highest BCUT2D eigenvalue weighted by atomic mass is 16.3. The van der Waals surface area contributed by atoms with Gasteiger partial charge in [-0.25, -0.2) is 0 Å². The molecule has 0 saturated heterocycles. The van der Waals surface area contributed by atoms with E-state index in [9.17, 15) is 15.0 Å². The normalized spacial score (nSPS) is 37.8. The fraction of sp³-hybridized carbons (Fsp3) is 0.632. The minimum absolute atomic E-state index is 0.0385. The number of aliphatic hydroxyl groups is 1. The molecule has 4 aliphatic carbocycles. The maximum Gasteiger partial charge on any atom is 0.225 e. The second kappa shape index (κ2) is 4.97. The van der Waals surface area contributed by atoms with E-state index in [0.29, 0.717) is 23.9 Å². The number of benzene rings is 1. The van der Waals surface area contributed by atoms with Crippen molar-refractivity contribution in [1.29, 1.82) is 0 Å². The molecule has 0 aliphatic heterocycles. The molecule has 2 atom stereocenters. The van der Waals surface area contributed by atoms with Crippen LogP contribution in [0.5, 0.6) is 5.75 Å². The lowest BCUT2D eigenvalue weighted by atomic mass is 9.47. The molecule has 4 fully saturated rings. The first kappa shape index (κ1) is 15.0. The predicted molar refractivity (Wildman–Crippen MR) is 88.2 cm³/mol. The summed E-state index contributed by atoms with van der Waals surface area (Å²) in [6, 6.07) is 5.28. The van der Waals surface area contributed by atoms with E-state index in [4.69, 9.17) is 0 Å². The van der Waals surface area contributed by atoms with E-state index in [-0.39, 0.29) is 17.1 Å². The van der Waals surface area contributed by atoms with Crippen LogP contribution in [0.25, 0.3) is 0 Å². The van der Waals surface area contributed by atoms with Gasteiger partial charge in [0.25, 0.3) is 0 Å². The summed E-state index contributed by atoms with van der Waals surface area (Å²) in [4.78, 5) is 12.5. The molecule has 1 aromatic carbocycles. The van der Waals surface area contributed by atoms with Gasteiger partial charge < -0.3 is 15.5 Å². The lowest BCUT2D eigenvalue weighted by Crippen LogP contribution is -2.56.